The number of hydrogen-bond acceptors (Lipinski definition) is 5. The first-order chi connectivity index (χ1) is 14.5. The summed E-state index contributed by atoms with van der Waals surface area (Å²) < 4.78 is 12.6. The number of benzene rings is 1. The number of carbonyl (C=O) groups is 2. The number of carboxylic acids is 1. The van der Waals surface area contributed by atoms with E-state index in [1.807, 2.05) is 40.7 Å². The molecule has 0 aliphatic rings. The highest BCUT2D eigenvalue weighted by Gasteiger charge is 2.28. The molecular weight excluding hydrogens is 398 g/mol. The van der Waals surface area contributed by atoms with Crippen LogP contribution < -0.4 is 14.8 Å². The Morgan fingerprint density at radius 3 is 2.19 bits per heavy atom. The smallest absolute Gasteiger partial charge is 0.305 e. The van der Waals surface area contributed by atoms with E-state index in [-0.39, 0.29) is 18.2 Å². The third-order valence-corrected chi connectivity index (χ3v) is 4.77. The van der Waals surface area contributed by atoms with E-state index in [1.165, 1.54) is 0 Å². The average Bonchev–Trinajstić information content (AvgIpc) is 3.11. The molecule has 1 aromatic carbocycles. The van der Waals surface area contributed by atoms with Crippen LogP contribution in [0.1, 0.15) is 57.9 Å². The number of aliphatic carboxylic acids is 1. The first-order valence-electron chi connectivity index (χ1n) is 10.3. The highest BCUT2D eigenvalue weighted by molar-refractivity contribution is 5.94. The molecule has 2 N–H and O–H groups in total. The quantitative estimate of drug-likeness (QED) is 0.623. The van der Waals surface area contributed by atoms with Gasteiger partial charge in [-0.25, -0.2) is 0 Å². The van der Waals surface area contributed by atoms with Crippen LogP contribution in [0.2, 0.25) is 0 Å². The van der Waals surface area contributed by atoms with Crippen LogP contribution in [0.15, 0.2) is 24.3 Å². The third-order valence-electron chi connectivity index (χ3n) is 4.77. The first kappa shape index (κ1) is 24.2. The molecule has 170 valence electrons. The van der Waals surface area contributed by atoms with Crippen LogP contribution >= 0.6 is 0 Å². The van der Waals surface area contributed by atoms with Crippen LogP contribution in [0.3, 0.4) is 0 Å². The van der Waals surface area contributed by atoms with E-state index < -0.39 is 17.6 Å². The van der Waals surface area contributed by atoms with Gasteiger partial charge in [-0.2, -0.15) is 5.10 Å². The van der Waals surface area contributed by atoms with Crippen molar-refractivity contribution < 1.29 is 24.2 Å². The van der Waals surface area contributed by atoms with E-state index >= 15 is 0 Å². The van der Waals surface area contributed by atoms with Crippen molar-refractivity contribution in [1.82, 2.24) is 15.1 Å². The van der Waals surface area contributed by atoms with Gasteiger partial charge >= 0.3 is 5.97 Å². The van der Waals surface area contributed by atoms with Gasteiger partial charge in [-0.3, -0.25) is 14.3 Å². The lowest BCUT2D eigenvalue weighted by Crippen LogP contribution is -2.40. The molecule has 1 heterocycles. The molecule has 0 radical (unpaired) electrons. The molecule has 0 unspecified atom stereocenters. The molecule has 31 heavy (non-hydrogen) atoms. The van der Waals surface area contributed by atoms with Gasteiger partial charge in [-0.15, -0.1) is 0 Å². The summed E-state index contributed by atoms with van der Waals surface area (Å²) in [5, 5.41) is 16.8. The van der Waals surface area contributed by atoms with E-state index in [1.54, 1.807) is 37.1 Å². The highest BCUT2D eigenvalue weighted by atomic mass is 16.5. The second-order valence-electron chi connectivity index (χ2n) is 8.93. The Bertz CT molecular complexity index is 906. The van der Waals surface area contributed by atoms with Crippen LogP contribution in [-0.4, -0.2) is 47.0 Å². The number of hydrogen-bond donors (Lipinski definition) is 2. The minimum atomic E-state index is -0.949. The van der Waals surface area contributed by atoms with Crippen LogP contribution in [0.25, 0.3) is 11.3 Å². The van der Waals surface area contributed by atoms with Gasteiger partial charge < -0.3 is 19.9 Å². The Hall–Kier alpha value is -3.03. The molecule has 0 saturated carbocycles. The molecule has 2 aromatic rings. The number of nitrogens with one attached hydrogen (secondary N) is 1. The molecule has 1 atom stereocenters. The summed E-state index contributed by atoms with van der Waals surface area (Å²) in [4.78, 5) is 24.5. The van der Waals surface area contributed by atoms with Gasteiger partial charge in [0.05, 0.1) is 31.7 Å². The molecule has 1 amide bonds. The lowest BCUT2D eigenvalue weighted by Gasteiger charge is -2.24. The zero-order valence-electron chi connectivity index (χ0n) is 19.4. The fourth-order valence-corrected chi connectivity index (χ4v) is 3.51. The van der Waals surface area contributed by atoms with Gasteiger partial charge in [0.15, 0.2) is 0 Å². The van der Waals surface area contributed by atoms with E-state index in [4.69, 9.17) is 14.6 Å². The number of rotatable bonds is 9. The average molecular weight is 432 g/mol. The van der Waals surface area contributed by atoms with Gasteiger partial charge in [0.2, 0.25) is 0 Å². The fraction of sp³-hybridized carbons (Fsp3) is 0.522. The molecule has 2 rings (SSSR count). The van der Waals surface area contributed by atoms with E-state index in [9.17, 15) is 14.7 Å². The summed E-state index contributed by atoms with van der Waals surface area (Å²) in [5.74, 6) is 0.0802. The van der Waals surface area contributed by atoms with Crippen molar-refractivity contribution in [3.8, 4) is 22.8 Å². The number of carbonyl (C=O) groups excluding carboxylic acids is 1. The van der Waals surface area contributed by atoms with Gasteiger partial charge in [0.1, 0.15) is 22.9 Å². The summed E-state index contributed by atoms with van der Waals surface area (Å²) in [6.45, 7) is 9.83. The van der Waals surface area contributed by atoms with Crippen molar-refractivity contribution in [1.29, 1.82) is 0 Å². The summed E-state index contributed by atoms with van der Waals surface area (Å²) in [7, 11) is 3.13. The van der Waals surface area contributed by atoms with Crippen molar-refractivity contribution in [2.75, 3.05) is 14.2 Å². The number of carboxylic acid groups (broad SMARTS) is 1. The Morgan fingerprint density at radius 1 is 1.16 bits per heavy atom. The minimum absolute atomic E-state index is 0.138. The van der Waals surface area contributed by atoms with Crippen LogP contribution in [0.4, 0.5) is 0 Å². The molecular formula is C23H33N3O5. The third kappa shape index (κ3) is 5.99. The summed E-state index contributed by atoms with van der Waals surface area (Å²) >= 11 is 0. The molecule has 0 fully saturated rings. The maximum absolute atomic E-state index is 13.2. The molecule has 8 nitrogen and oxygen atoms in total. The number of methoxy groups -OCH3 is 2. The van der Waals surface area contributed by atoms with Gasteiger partial charge in [-0.1, -0.05) is 19.9 Å². The second kappa shape index (κ2) is 9.85. The zero-order chi connectivity index (χ0) is 23.3. The fourth-order valence-electron chi connectivity index (χ4n) is 3.51. The monoisotopic (exact) mass is 431 g/mol. The van der Waals surface area contributed by atoms with E-state index in [0.717, 1.165) is 0 Å². The minimum Gasteiger partial charge on any atom is -0.496 e. The van der Waals surface area contributed by atoms with Crippen molar-refractivity contribution in [3.05, 3.63) is 30.0 Å². The Labute approximate surface area is 183 Å². The summed E-state index contributed by atoms with van der Waals surface area (Å²) in [5.41, 5.74) is 1.04. The van der Waals surface area contributed by atoms with Crippen molar-refractivity contribution in [3.63, 3.8) is 0 Å². The summed E-state index contributed by atoms with van der Waals surface area (Å²) in [6.07, 6.45) is 0.426. The normalized spacial score (nSPS) is 12.5. The second-order valence-corrected chi connectivity index (χ2v) is 8.93. The SMILES string of the molecule is COc1cccc(OC)c1-c1cc(C(=O)N[C@H](CC(=O)O)CC(C)C)n(C(C)(C)C)n1. The van der Waals surface area contributed by atoms with Crippen molar-refractivity contribution in [2.45, 2.75) is 59.0 Å². The predicted octanol–water partition coefficient (Wildman–Crippen LogP) is 3.94. The Kier molecular flexibility index (Phi) is 7.70. The number of amides is 1. The molecule has 0 aliphatic carbocycles. The highest BCUT2D eigenvalue weighted by Crippen LogP contribution is 2.38. The summed E-state index contributed by atoms with van der Waals surface area (Å²) in [6, 6.07) is 6.64. The number of aromatic nitrogens is 2. The Morgan fingerprint density at radius 2 is 1.74 bits per heavy atom. The molecule has 0 bridgehead atoms. The van der Waals surface area contributed by atoms with E-state index in [2.05, 4.69) is 5.32 Å². The maximum atomic E-state index is 13.2. The first-order valence-corrected chi connectivity index (χ1v) is 10.3. The van der Waals surface area contributed by atoms with Gasteiger partial charge in [0, 0.05) is 6.04 Å². The number of ether oxygens (including phenoxy) is 2. The van der Waals surface area contributed by atoms with Crippen LogP contribution in [0.5, 0.6) is 11.5 Å². The lowest BCUT2D eigenvalue weighted by atomic mass is 10.0. The lowest BCUT2D eigenvalue weighted by molar-refractivity contribution is -0.137. The van der Waals surface area contributed by atoms with Gasteiger partial charge in [-0.05, 0) is 51.3 Å². The Balaban J connectivity index is 2.53. The predicted molar refractivity (Wildman–Crippen MR) is 119 cm³/mol. The molecule has 1 aromatic heterocycles. The maximum Gasteiger partial charge on any atom is 0.305 e. The molecule has 0 spiro atoms. The zero-order valence-corrected chi connectivity index (χ0v) is 19.4. The van der Waals surface area contributed by atoms with Crippen LogP contribution in [0, 0.1) is 5.92 Å². The molecule has 0 aliphatic heterocycles. The van der Waals surface area contributed by atoms with Crippen LogP contribution in [-0.2, 0) is 10.3 Å². The van der Waals surface area contributed by atoms with Gasteiger partial charge in [0.25, 0.3) is 5.91 Å². The van der Waals surface area contributed by atoms with Crippen molar-refractivity contribution in [2.24, 2.45) is 5.92 Å². The largest absolute Gasteiger partial charge is 0.496 e. The topological polar surface area (TPSA) is 103 Å². The van der Waals surface area contributed by atoms with Crippen molar-refractivity contribution >= 4 is 11.9 Å². The van der Waals surface area contributed by atoms with E-state index in [0.29, 0.717) is 34.9 Å². The number of nitrogens with zero attached hydrogens (tertiary/aromatic N) is 2. The molecule has 8 heteroatoms. The molecule has 0 saturated heterocycles. The standard InChI is InChI=1S/C23H33N3O5/c1-14(2)11-15(12-20(27)28)24-22(29)17-13-16(25-26(17)23(3,4)5)21-18(30-6)9-8-10-19(21)31-7/h8-10,13-15H,11-12H2,1-7H3,(H,24,29)(H,27,28)/t15-/m0/s1.